The van der Waals surface area contributed by atoms with Crippen LogP contribution in [-0.2, 0) is 14.6 Å². The Kier molecular flexibility index (Phi) is 7.15. The number of hydrogen-bond acceptors (Lipinski definition) is 6. The zero-order valence-electron chi connectivity index (χ0n) is 19.4. The number of carbonyl (C=O) groups is 1. The first kappa shape index (κ1) is 24.1. The summed E-state index contributed by atoms with van der Waals surface area (Å²) >= 11 is 0. The van der Waals surface area contributed by atoms with E-state index in [1.807, 2.05) is 32.9 Å². The first-order valence-electron chi connectivity index (χ1n) is 10.7. The molecular formula is C24H32N2O5S. The highest BCUT2D eigenvalue weighted by molar-refractivity contribution is 7.91. The highest BCUT2D eigenvalue weighted by Crippen LogP contribution is 2.27. The van der Waals surface area contributed by atoms with Gasteiger partial charge in [-0.25, -0.2) is 13.2 Å². The van der Waals surface area contributed by atoms with Crippen molar-refractivity contribution in [3.05, 3.63) is 54.1 Å². The van der Waals surface area contributed by atoms with Crippen molar-refractivity contribution in [2.75, 3.05) is 33.3 Å². The highest BCUT2D eigenvalue weighted by atomic mass is 32.2. The number of benzene rings is 2. The number of amides is 1. The van der Waals surface area contributed by atoms with Gasteiger partial charge in [0.25, 0.3) is 0 Å². The van der Waals surface area contributed by atoms with E-state index in [0.717, 1.165) is 18.7 Å². The van der Waals surface area contributed by atoms with Crippen LogP contribution in [0.1, 0.15) is 39.3 Å². The predicted molar refractivity (Wildman–Crippen MR) is 123 cm³/mol. The van der Waals surface area contributed by atoms with Crippen LogP contribution in [0.3, 0.4) is 0 Å². The molecule has 0 aliphatic carbocycles. The first-order valence-corrected chi connectivity index (χ1v) is 12.2. The fourth-order valence-electron chi connectivity index (χ4n) is 3.66. The predicted octanol–water partition coefficient (Wildman–Crippen LogP) is 4.14. The van der Waals surface area contributed by atoms with Gasteiger partial charge in [-0.3, -0.25) is 4.90 Å². The fourth-order valence-corrected chi connectivity index (χ4v) is 4.95. The van der Waals surface area contributed by atoms with Crippen molar-refractivity contribution in [3.63, 3.8) is 0 Å². The molecule has 3 rings (SSSR count). The highest BCUT2D eigenvalue weighted by Gasteiger charge is 2.28. The monoisotopic (exact) mass is 460 g/mol. The van der Waals surface area contributed by atoms with E-state index in [2.05, 4.69) is 11.8 Å². The molecule has 7 nitrogen and oxygen atoms in total. The summed E-state index contributed by atoms with van der Waals surface area (Å²) in [5.41, 5.74) is 0.523. The largest absolute Gasteiger partial charge is 0.497 e. The Morgan fingerprint density at radius 3 is 2.16 bits per heavy atom. The average Bonchev–Trinajstić information content (AvgIpc) is 2.77. The zero-order chi connectivity index (χ0) is 23.5. The van der Waals surface area contributed by atoms with Gasteiger partial charge in [-0.05, 0) is 63.6 Å². The van der Waals surface area contributed by atoms with E-state index >= 15 is 0 Å². The minimum Gasteiger partial charge on any atom is -0.497 e. The number of ether oxygens (including phenoxy) is 2. The van der Waals surface area contributed by atoms with Crippen molar-refractivity contribution < 1.29 is 22.7 Å². The van der Waals surface area contributed by atoms with Gasteiger partial charge in [0, 0.05) is 32.2 Å². The third-order valence-electron chi connectivity index (χ3n) is 5.54. The van der Waals surface area contributed by atoms with Gasteiger partial charge in [0.2, 0.25) is 9.84 Å². The Labute approximate surface area is 190 Å². The van der Waals surface area contributed by atoms with Crippen LogP contribution < -0.4 is 4.74 Å². The number of hydrogen-bond donors (Lipinski definition) is 0. The molecule has 1 saturated heterocycles. The Morgan fingerprint density at radius 2 is 1.59 bits per heavy atom. The average molecular weight is 461 g/mol. The summed E-state index contributed by atoms with van der Waals surface area (Å²) in [7, 11) is -2.11. The number of piperazine rings is 1. The molecule has 8 heteroatoms. The fraction of sp³-hybridized carbons (Fsp3) is 0.458. The minimum absolute atomic E-state index is 0.101. The molecule has 1 aliphatic rings. The maximum Gasteiger partial charge on any atom is 0.410 e. The van der Waals surface area contributed by atoms with Gasteiger partial charge in [0.1, 0.15) is 11.4 Å². The van der Waals surface area contributed by atoms with E-state index in [-0.39, 0.29) is 21.9 Å². The Hall–Kier alpha value is -2.58. The van der Waals surface area contributed by atoms with Gasteiger partial charge < -0.3 is 14.4 Å². The molecule has 1 fully saturated rings. The number of nitrogens with zero attached hydrogens (tertiary/aromatic N) is 2. The van der Waals surface area contributed by atoms with E-state index in [9.17, 15) is 13.2 Å². The molecule has 2 aromatic carbocycles. The van der Waals surface area contributed by atoms with Crippen LogP contribution in [0.2, 0.25) is 0 Å². The van der Waals surface area contributed by atoms with Crippen molar-refractivity contribution in [3.8, 4) is 5.75 Å². The molecule has 1 aliphatic heterocycles. The second-order valence-corrected chi connectivity index (χ2v) is 10.9. The molecule has 0 bridgehead atoms. The second kappa shape index (κ2) is 9.50. The normalized spacial score (nSPS) is 16.5. The molecule has 1 unspecified atom stereocenters. The summed E-state index contributed by atoms with van der Waals surface area (Å²) in [6, 6.07) is 13.6. The van der Waals surface area contributed by atoms with Crippen LogP contribution in [0, 0.1) is 0 Å². The smallest absolute Gasteiger partial charge is 0.410 e. The number of carbonyl (C=O) groups excluding carboxylic acids is 1. The molecule has 0 radical (unpaired) electrons. The van der Waals surface area contributed by atoms with Gasteiger partial charge in [-0.2, -0.15) is 0 Å². The summed E-state index contributed by atoms with van der Waals surface area (Å²) in [5.74, 6) is 0.502. The van der Waals surface area contributed by atoms with Crippen LogP contribution >= 0.6 is 0 Å². The topological polar surface area (TPSA) is 76.2 Å². The van der Waals surface area contributed by atoms with Crippen LogP contribution in [0.25, 0.3) is 0 Å². The van der Waals surface area contributed by atoms with Crippen molar-refractivity contribution in [2.45, 2.75) is 49.1 Å². The van der Waals surface area contributed by atoms with Crippen LogP contribution in [0.5, 0.6) is 5.75 Å². The SMILES string of the molecule is COc1cccc(S(=O)(=O)c2ccc(C(C)N3CCN(C(=O)OC(C)(C)C)CC3)cc2)c1. The summed E-state index contributed by atoms with van der Waals surface area (Å²) < 4.78 is 36.5. The number of sulfone groups is 1. The van der Waals surface area contributed by atoms with Crippen LogP contribution in [0.15, 0.2) is 58.3 Å². The lowest BCUT2D eigenvalue weighted by molar-refractivity contribution is 0.0110. The molecule has 2 aromatic rings. The quantitative estimate of drug-likeness (QED) is 0.667. The summed E-state index contributed by atoms with van der Waals surface area (Å²) in [4.78, 5) is 16.7. The summed E-state index contributed by atoms with van der Waals surface area (Å²) in [6.07, 6.45) is -0.281. The minimum atomic E-state index is -3.62. The maximum absolute atomic E-state index is 13.0. The standard InChI is InChI=1S/C24H32N2O5S/c1-18(25-13-15-26(16-14-25)23(27)31-24(2,3)4)19-9-11-21(12-10-19)32(28,29)22-8-6-7-20(17-22)30-5/h6-12,17-18H,13-16H2,1-5H3. The van der Waals surface area contributed by atoms with Gasteiger partial charge in [0.05, 0.1) is 16.9 Å². The maximum atomic E-state index is 13.0. The lowest BCUT2D eigenvalue weighted by atomic mass is 10.1. The number of rotatable bonds is 5. The molecule has 0 aromatic heterocycles. The van der Waals surface area contributed by atoms with E-state index in [1.54, 1.807) is 35.2 Å². The van der Waals surface area contributed by atoms with E-state index in [4.69, 9.17) is 9.47 Å². The van der Waals surface area contributed by atoms with Gasteiger partial charge >= 0.3 is 6.09 Å². The molecular weight excluding hydrogens is 428 g/mol. The van der Waals surface area contributed by atoms with Crippen molar-refractivity contribution in [2.24, 2.45) is 0 Å². The van der Waals surface area contributed by atoms with E-state index in [1.165, 1.54) is 13.2 Å². The molecule has 0 N–H and O–H groups in total. The van der Waals surface area contributed by atoms with Crippen LogP contribution in [-0.4, -0.2) is 63.2 Å². The van der Waals surface area contributed by atoms with E-state index in [0.29, 0.717) is 18.8 Å². The first-order chi connectivity index (χ1) is 15.0. The molecule has 1 atom stereocenters. The Morgan fingerprint density at radius 1 is 0.969 bits per heavy atom. The Balaban J connectivity index is 1.65. The van der Waals surface area contributed by atoms with Crippen LogP contribution in [0.4, 0.5) is 4.79 Å². The van der Waals surface area contributed by atoms with Crippen molar-refractivity contribution in [1.82, 2.24) is 9.80 Å². The van der Waals surface area contributed by atoms with Crippen molar-refractivity contribution >= 4 is 15.9 Å². The number of methoxy groups -OCH3 is 1. The van der Waals surface area contributed by atoms with E-state index < -0.39 is 15.4 Å². The Bertz CT molecular complexity index is 1040. The molecule has 0 saturated carbocycles. The molecule has 174 valence electrons. The lowest BCUT2D eigenvalue weighted by Gasteiger charge is -2.38. The third-order valence-corrected chi connectivity index (χ3v) is 7.31. The second-order valence-electron chi connectivity index (χ2n) is 8.93. The molecule has 1 heterocycles. The molecule has 0 spiro atoms. The van der Waals surface area contributed by atoms with Gasteiger partial charge in [-0.15, -0.1) is 0 Å². The zero-order valence-corrected chi connectivity index (χ0v) is 20.2. The summed E-state index contributed by atoms with van der Waals surface area (Å²) in [6.45, 7) is 10.3. The van der Waals surface area contributed by atoms with Gasteiger partial charge in [0.15, 0.2) is 0 Å². The molecule has 1 amide bonds. The van der Waals surface area contributed by atoms with Crippen molar-refractivity contribution in [1.29, 1.82) is 0 Å². The van der Waals surface area contributed by atoms with Gasteiger partial charge in [-0.1, -0.05) is 18.2 Å². The summed E-state index contributed by atoms with van der Waals surface area (Å²) in [5, 5.41) is 0. The third kappa shape index (κ3) is 5.61. The molecule has 32 heavy (non-hydrogen) atoms. The lowest BCUT2D eigenvalue weighted by Crippen LogP contribution is -2.50.